The fourth-order valence-electron chi connectivity index (χ4n) is 3.13. The lowest BCUT2D eigenvalue weighted by atomic mass is 9.78. The van der Waals surface area contributed by atoms with E-state index in [1.165, 1.54) is 0 Å². The summed E-state index contributed by atoms with van der Waals surface area (Å²) < 4.78 is 18.3. The maximum atomic E-state index is 6.72. The summed E-state index contributed by atoms with van der Waals surface area (Å²) in [6, 6.07) is 1.91. The molecular weight excluding hydrogens is 340 g/mol. The van der Waals surface area contributed by atoms with E-state index < -0.39 is 18.3 Å². The lowest BCUT2D eigenvalue weighted by molar-refractivity contribution is 0.00578. The molecule has 1 aromatic carbocycles. The van der Waals surface area contributed by atoms with Gasteiger partial charge in [0.25, 0.3) is 0 Å². The minimum Gasteiger partial charge on any atom is -0.489 e. The minimum atomic E-state index is -0.568. The molecule has 0 unspecified atom stereocenters. The molecule has 25 heavy (non-hydrogen) atoms. The molecular formula is C17H21BClN3O3. The van der Waals surface area contributed by atoms with Gasteiger partial charge >= 0.3 is 7.12 Å². The van der Waals surface area contributed by atoms with E-state index in [0.717, 1.165) is 28.7 Å². The molecule has 1 saturated heterocycles. The molecule has 2 aliphatic rings. The van der Waals surface area contributed by atoms with E-state index in [1.54, 1.807) is 6.33 Å². The number of ether oxygens (including phenoxy) is 1. The number of rotatable bonds is 1. The normalized spacial score (nSPS) is 21.4. The smallest absolute Gasteiger partial charge is 0.489 e. The van der Waals surface area contributed by atoms with E-state index in [9.17, 15) is 0 Å². The Labute approximate surface area is 152 Å². The summed E-state index contributed by atoms with van der Waals surface area (Å²) in [5.41, 5.74) is 0.615. The molecule has 2 aliphatic heterocycles. The van der Waals surface area contributed by atoms with Crippen molar-refractivity contribution >= 4 is 40.9 Å². The van der Waals surface area contributed by atoms with Crippen LogP contribution in [0, 0.1) is 0 Å². The van der Waals surface area contributed by atoms with E-state index in [1.807, 2.05) is 45.7 Å². The first-order valence-corrected chi connectivity index (χ1v) is 8.76. The highest BCUT2D eigenvalue weighted by Crippen LogP contribution is 2.41. The van der Waals surface area contributed by atoms with Crippen LogP contribution in [0.5, 0.6) is 5.75 Å². The fourth-order valence-corrected chi connectivity index (χ4v) is 3.42. The third kappa shape index (κ3) is 2.48. The fraction of sp³-hybridized carbons (Fsp3) is 0.529. The van der Waals surface area contributed by atoms with Crippen molar-refractivity contribution in [2.24, 2.45) is 0 Å². The number of aromatic nitrogens is 2. The van der Waals surface area contributed by atoms with E-state index in [-0.39, 0.29) is 0 Å². The van der Waals surface area contributed by atoms with Crippen LogP contribution >= 0.6 is 11.6 Å². The van der Waals surface area contributed by atoms with Gasteiger partial charge in [0.1, 0.15) is 18.8 Å². The second-order valence-corrected chi connectivity index (χ2v) is 7.94. The van der Waals surface area contributed by atoms with Crippen LogP contribution in [0.3, 0.4) is 0 Å². The van der Waals surface area contributed by atoms with Crippen molar-refractivity contribution in [3.05, 3.63) is 17.4 Å². The third-order valence-electron chi connectivity index (χ3n) is 5.37. The zero-order chi connectivity index (χ0) is 18.0. The molecule has 3 heterocycles. The van der Waals surface area contributed by atoms with Gasteiger partial charge in [-0.2, -0.15) is 0 Å². The summed E-state index contributed by atoms with van der Waals surface area (Å²) in [6.07, 6.45) is 1.56. The molecule has 0 bridgehead atoms. The highest BCUT2D eigenvalue weighted by atomic mass is 35.5. The molecule has 8 heteroatoms. The van der Waals surface area contributed by atoms with E-state index in [2.05, 4.69) is 9.97 Å². The zero-order valence-corrected chi connectivity index (χ0v) is 15.8. The van der Waals surface area contributed by atoms with Gasteiger partial charge in [0, 0.05) is 12.5 Å². The molecule has 0 aliphatic carbocycles. The largest absolute Gasteiger partial charge is 0.496 e. The van der Waals surface area contributed by atoms with Gasteiger partial charge in [0.05, 0.1) is 33.7 Å². The molecule has 0 N–H and O–H groups in total. The van der Waals surface area contributed by atoms with Crippen molar-refractivity contribution < 1.29 is 14.0 Å². The van der Waals surface area contributed by atoms with E-state index in [0.29, 0.717) is 17.4 Å². The van der Waals surface area contributed by atoms with Crippen LogP contribution < -0.4 is 15.1 Å². The predicted octanol–water partition coefficient (Wildman–Crippen LogP) is 2.41. The van der Waals surface area contributed by atoms with Crippen LogP contribution in [0.25, 0.3) is 10.9 Å². The first-order chi connectivity index (χ1) is 11.7. The maximum Gasteiger partial charge on any atom is 0.496 e. The first kappa shape index (κ1) is 16.9. The van der Waals surface area contributed by atoms with Gasteiger partial charge in [-0.15, -0.1) is 0 Å². The second-order valence-electron chi connectivity index (χ2n) is 7.56. The Morgan fingerprint density at radius 2 is 1.84 bits per heavy atom. The Hall–Kier alpha value is -1.57. The molecule has 132 valence electrons. The predicted molar refractivity (Wildman–Crippen MR) is 99.0 cm³/mol. The van der Waals surface area contributed by atoms with Gasteiger partial charge in [-0.3, -0.25) is 0 Å². The van der Waals surface area contributed by atoms with Crippen molar-refractivity contribution in [1.29, 1.82) is 0 Å². The second kappa shape index (κ2) is 5.46. The van der Waals surface area contributed by atoms with Crippen molar-refractivity contribution in [3.8, 4) is 5.75 Å². The van der Waals surface area contributed by atoms with Crippen LogP contribution in [-0.4, -0.2) is 48.5 Å². The molecule has 1 aromatic heterocycles. The molecule has 0 spiro atoms. The maximum absolute atomic E-state index is 6.72. The van der Waals surface area contributed by atoms with Crippen molar-refractivity contribution in [2.45, 2.75) is 38.9 Å². The lowest BCUT2D eigenvalue weighted by Crippen LogP contribution is -2.41. The molecule has 6 nitrogen and oxygen atoms in total. The summed E-state index contributed by atoms with van der Waals surface area (Å²) in [5.74, 6) is 1.42. The number of nitrogens with zero attached hydrogens (tertiary/aromatic N) is 3. The number of hydrogen-bond acceptors (Lipinski definition) is 6. The topological polar surface area (TPSA) is 56.7 Å². The van der Waals surface area contributed by atoms with Gasteiger partial charge in [0.2, 0.25) is 0 Å². The summed E-state index contributed by atoms with van der Waals surface area (Å²) in [5, 5.41) is 1.32. The summed E-state index contributed by atoms with van der Waals surface area (Å²) >= 11 is 6.72. The molecule has 0 amide bonds. The average molecular weight is 362 g/mol. The number of likely N-dealkylation sites (N-methyl/N-ethyl adjacent to an activating group) is 1. The standard InChI is InChI=1S/C17H21BClN3O3/c1-16(2)17(3,4)25-18(24-16)10-8-11-12-14(13(10)19)23-7-6-22(5)15(12)21-9-20-11/h8-9H,6-7H2,1-5H3. The highest BCUT2D eigenvalue weighted by molar-refractivity contribution is 6.66. The first-order valence-electron chi connectivity index (χ1n) is 8.38. The average Bonchev–Trinajstić information content (AvgIpc) is 2.67. The minimum absolute atomic E-state index is 0.442. The zero-order valence-electron chi connectivity index (χ0n) is 15.1. The molecule has 4 rings (SSSR count). The lowest BCUT2D eigenvalue weighted by Gasteiger charge is -2.32. The summed E-state index contributed by atoms with van der Waals surface area (Å²) in [6.45, 7) is 9.31. The SMILES string of the molecule is CN1CCOc2c(Cl)c(B3OC(C)(C)C(C)(C)O3)cc3ncnc1c23. The van der Waals surface area contributed by atoms with Gasteiger partial charge in [-0.05, 0) is 33.8 Å². The quantitative estimate of drug-likeness (QED) is 0.727. The van der Waals surface area contributed by atoms with E-state index >= 15 is 0 Å². The van der Waals surface area contributed by atoms with Crippen molar-refractivity contribution in [3.63, 3.8) is 0 Å². The van der Waals surface area contributed by atoms with Gasteiger partial charge in [-0.1, -0.05) is 11.6 Å². The van der Waals surface area contributed by atoms with Gasteiger partial charge < -0.3 is 18.9 Å². The van der Waals surface area contributed by atoms with Crippen LogP contribution in [0.15, 0.2) is 12.4 Å². The van der Waals surface area contributed by atoms with Gasteiger partial charge in [0.15, 0.2) is 5.75 Å². The van der Waals surface area contributed by atoms with Crippen LogP contribution in [0.4, 0.5) is 5.82 Å². The summed E-state index contributed by atoms with van der Waals surface area (Å²) in [4.78, 5) is 10.9. The Morgan fingerprint density at radius 1 is 1.16 bits per heavy atom. The van der Waals surface area contributed by atoms with Crippen molar-refractivity contribution in [2.75, 3.05) is 25.1 Å². The Bertz CT molecular complexity index is 843. The van der Waals surface area contributed by atoms with Gasteiger partial charge in [-0.25, -0.2) is 9.97 Å². The van der Waals surface area contributed by atoms with Crippen LogP contribution in [-0.2, 0) is 9.31 Å². The third-order valence-corrected chi connectivity index (χ3v) is 5.76. The monoisotopic (exact) mass is 361 g/mol. The highest BCUT2D eigenvalue weighted by Gasteiger charge is 2.52. The van der Waals surface area contributed by atoms with Crippen LogP contribution in [0.2, 0.25) is 5.02 Å². The Kier molecular flexibility index (Phi) is 3.69. The number of halogens is 1. The number of benzene rings is 1. The number of anilines is 1. The molecule has 0 atom stereocenters. The van der Waals surface area contributed by atoms with Crippen molar-refractivity contribution in [1.82, 2.24) is 9.97 Å². The van der Waals surface area contributed by atoms with E-state index in [4.69, 9.17) is 25.6 Å². The Morgan fingerprint density at radius 3 is 2.52 bits per heavy atom. The molecule has 0 radical (unpaired) electrons. The summed E-state index contributed by atoms with van der Waals surface area (Å²) in [7, 11) is 1.41. The molecule has 1 fully saturated rings. The number of hydrogen-bond donors (Lipinski definition) is 0. The molecule has 2 aromatic rings. The molecule has 0 saturated carbocycles. The van der Waals surface area contributed by atoms with Crippen LogP contribution in [0.1, 0.15) is 27.7 Å². The Balaban J connectivity index is 1.90.